The van der Waals surface area contributed by atoms with Crippen LogP contribution in [0.25, 0.3) is 16.9 Å². The number of hydrogen-bond donors (Lipinski definition) is 2. The lowest BCUT2D eigenvalue weighted by Gasteiger charge is -2.26. The van der Waals surface area contributed by atoms with Crippen LogP contribution in [0.5, 0.6) is 11.6 Å². The molecule has 12 heteroatoms. The minimum atomic E-state index is -1.34. The first-order valence-electron chi connectivity index (χ1n) is 16.1. The summed E-state index contributed by atoms with van der Waals surface area (Å²) in [4.78, 5) is 51.2. The topological polar surface area (TPSA) is 149 Å². The maximum Gasteiger partial charge on any atom is 0.330 e. The number of fused-ring (bicyclic) bond motifs is 3. The van der Waals surface area contributed by atoms with E-state index in [-0.39, 0.29) is 24.2 Å². The van der Waals surface area contributed by atoms with Crippen molar-refractivity contribution in [2.24, 2.45) is 17.8 Å². The van der Waals surface area contributed by atoms with Gasteiger partial charge in [-0.15, -0.1) is 0 Å². The highest BCUT2D eigenvalue weighted by Gasteiger charge is 2.61. The highest BCUT2D eigenvalue weighted by Crippen LogP contribution is 2.46. The molecular formula is C34H42N6O6. The number of carbonyl (C=O) groups excluding carboxylic acids is 2. The van der Waals surface area contributed by atoms with Gasteiger partial charge in [0.2, 0.25) is 17.7 Å². The van der Waals surface area contributed by atoms with E-state index in [1.807, 2.05) is 43.5 Å². The molecular weight excluding hydrogens is 588 g/mol. The van der Waals surface area contributed by atoms with Crippen LogP contribution in [0, 0.1) is 24.7 Å². The second-order valence-corrected chi connectivity index (χ2v) is 13.1. The molecule has 0 radical (unpaired) electrons. The predicted octanol–water partition coefficient (Wildman–Crippen LogP) is 4.19. The Balaban J connectivity index is 1.35. The number of carboxylic acid groups (broad SMARTS) is 1. The standard InChI is InChI=1S/C34H42N6O6/c1-19(2)26-13-15-40(38-26)33-35-28-20(3)27(45-5)12-11-23(28)30(36-33)46-22-16-24-25(17-22)31(42)39(4)14-9-7-6-8-10-21-18-34(21,32(43)44)37-29(24)41/h8,10-13,15,19,21-22,24-25H,6-7,9,14,16-18H2,1-5H3,(H,37,41)(H,43,44)/b10-8-/t21-,22+,24+,25+,34+/m0/s1. The first-order valence-corrected chi connectivity index (χ1v) is 16.1. The molecule has 0 unspecified atom stereocenters. The fourth-order valence-electron chi connectivity index (χ4n) is 6.79. The van der Waals surface area contributed by atoms with Gasteiger partial charge in [0.15, 0.2) is 0 Å². The van der Waals surface area contributed by atoms with Crippen molar-refractivity contribution < 1.29 is 29.0 Å². The van der Waals surface area contributed by atoms with Gasteiger partial charge in [-0.2, -0.15) is 10.1 Å². The number of nitrogens with zero attached hydrogens (tertiary/aromatic N) is 5. The molecule has 5 atom stereocenters. The molecule has 0 saturated heterocycles. The van der Waals surface area contributed by atoms with E-state index in [2.05, 4.69) is 24.3 Å². The van der Waals surface area contributed by atoms with Crippen molar-refractivity contribution in [1.29, 1.82) is 0 Å². The summed E-state index contributed by atoms with van der Waals surface area (Å²) in [6.07, 6.45) is 8.54. The molecule has 2 saturated carbocycles. The predicted molar refractivity (Wildman–Crippen MR) is 170 cm³/mol. The molecule has 0 spiro atoms. The maximum atomic E-state index is 13.8. The fourth-order valence-corrected chi connectivity index (χ4v) is 6.79. The first kappa shape index (κ1) is 31.5. The molecule has 2 fully saturated rings. The van der Waals surface area contributed by atoms with Gasteiger partial charge in [0.25, 0.3) is 5.95 Å². The van der Waals surface area contributed by atoms with E-state index in [1.54, 1.807) is 23.7 Å². The zero-order valence-corrected chi connectivity index (χ0v) is 27.0. The second kappa shape index (κ2) is 12.4. The van der Waals surface area contributed by atoms with Gasteiger partial charge < -0.3 is 24.8 Å². The van der Waals surface area contributed by atoms with E-state index < -0.39 is 35.4 Å². The van der Waals surface area contributed by atoms with Crippen LogP contribution in [0.15, 0.2) is 36.5 Å². The minimum absolute atomic E-state index is 0.137. The highest BCUT2D eigenvalue weighted by molar-refractivity contribution is 5.94. The summed E-state index contributed by atoms with van der Waals surface area (Å²) in [5.41, 5.74) is 1.00. The maximum absolute atomic E-state index is 13.8. The van der Waals surface area contributed by atoms with E-state index in [0.717, 1.165) is 30.5 Å². The fraction of sp³-hybridized carbons (Fsp3) is 0.529. The van der Waals surface area contributed by atoms with Crippen molar-refractivity contribution in [2.45, 2.75) is 76.9 Å². The molecule has 6 rings (SSSR count). The molecule has 244 valence electrons. The van der Waals surface area contributed by atoms with Crippen LogP contribution in [0.3, 0.4) is 0 Å². The summed E-state index contributed by atoms with van der Waals surface area (Å²) in [5.74, 6) is -1.78. The van der Waals surface area contributed by atoms with Crippen LogP contribution in [0.4, 0.5) is 0 Å². The molecule has 46 heavy (non-hydrogen) atoms. The van der Waals surface area contributed by atoms with Crippen LogP contribution in [-0.4, -0.2) is 79.9 Å². The lowest BCUT2D eigenvalue weighted by Crippen LogP contribution is -2.49. The van der Waals surface area contributed by atoms with Gasteiger partial charge in [0.1, 0.15) is 17.4 Å². The monoisotopic (exact) mass is 630 g/mol. The van der Waals surface area contributed by atoms with E-state index >= 15 is 0 Å². The van der Waals surface area contributed by atoms with E-state index in [9.17, 15) is 19.5 Å². The van der Waals surface area contributed by atoms with E-state index in [1.165, 1.54) is 0 Å². The number of carbonyl (C=O) groups is 3. The number of amides is 2. The molecule has 3 aromatic rings. The summed E-state index contributed by atoms with van der Waals surface area (Å²) in [7, 11) is 3.37. The van der Waals surface area contributed by atoms with Gasteiger partial charge >= 0.3 is 5.97 Å². The number of carboxylic acids is 1. The average molecular weight is 631 g/mol. The summed E-state index contributed by atoms with van der Waals surface area (Å²) in [6.45, 7) is 6.62. The Morgan fingerprint density at radius 1 is 1.13 bits per heavy atom. The normalized spacial score (nSPS) is 27.5. The van der Waals surface area contributed by atoms with E-state index in [4.69, 9.17) is 19.4 Å². The summed E-state index contributed by atoms with van der Waals surface area (Å²) in [6, 6.07) is 5.61. The molecule has 1 aliphatic heterocycles. The number of aromatic nitrogens is 4. The Kier molecular flexibility index (Phi) is 8.47. The Morgan fingerprint density at radius 2 is 1.91 bits per heavy atom. The van der Waals surface area contributed by atoms with Crippen molar-refractivity contribution in [3.8, 4) is 17.6 Å². The third-order valence-electron chi connectivity index (χ3n) is 9.70. The van der Waals surface area contributed by atoms with E-state index in [0.29, 0.717) is 47.9 Å². The van der Waals surface area contributed by atoms with Crippen LogP contribution in [-0.2, 0) is 14.4 Å². The number of methoxy groups -OCH3 is 1. The number of hydrogen-bond acceptors (Lipinski definition) is 8. The highest BCUT2D eigenvalue weighted by atomic mass is 16.5. The molecule has 3 heterocycles. The number of benzene rings is 1. The van der Waals surface area contributed by atoms with Crippen molar-refractivity contribution in [3.05, 3.63) is 47.8 Å². The largest absolute Gasteiger partial charge is 0.496 e. The molecule has 2 aromatic heterocycles. The SMILES string of the molecule is COc1ccc2c(O[C@@H]3C[C@H]4C(=O)N[C@]5(C(=O)O)C[C@@H]5/C=C\CCCCN(C)C(=O)[C@@H]4C3)nc(-n3ccc(C(C)C)n3)nc2c1C. The average Bonchev–Trinajstić information content (AvgIpc) is 3.33. The number of aryl methyl sites for hydroxylation is 1. The number of aliphatic carboxylic acids is 1. The second-order valence-electron chi connectivity index (χ2n) is 13.1. The van der Waals surface area contributed by atoms with Crippen LogP contribution in [0.2, 0.25) is 0 Å². The van der Waals surface area contributed by atoms with Crippen molar-refractivity contribution >= 4 is 28.7 Å². The van der Waals surface area contributed by atoms with Gasteiger partial charge in [-0.25, -0.2) is 14.5 Å². The van der Waals surface area contributed by atoms with Crippen molar-refractivity contribution in [3.63, 3.8) is 0 Å². The van der Waals surface area contributed by atoms with Crippen LogP contribution in [0.1, 0.15) is 69.5 Å². The number of nitrogens with one attached hydrogen (secondary N) is 1. The summed E-state index contributed by atoms with van der Waals surface area (Å²) < 4.78 is 13.8. The molecule has 12 nitrogen and oxygen atoms in total. The van der Waals surface area contributed by atoms with Crippen molar-refractivity contribution in [2.75, 3.05) is 20.7 Å². The molecule has 3 aliphatic rings. The molecule has 2 aliphatic carbocycles. The third kappa shape index (κ3) is 5.80. The number of rotatable bonds is 6. The molecule has 1 aromatic carbocycles. The molecule has 2 amide bonds. The van der Waals surface area contributed by atoms with Gasteiger partial charge in [-0.1, -0.05) is 26.0 Å². The Bertz CT molecular complexity index is 1700. The Hall–Kier alpha value is -4.48. The minimum Gasteiger partial charge on any atom is -0.496 e. The third-order valence-corrected chi connectivity index (χ3v) is 9.70. The van der Waals surface area contributed by atoms with Crippen LogP contribution < -0.4 is 14.8 Å². The van der Waals surface area contributed by atoms with Crippen molar-refractivity contribution in [1.82, 2.24) is 30.0 Å². The first-order chi connectivity index (χ1) is 22.0. The smallest absolute Gasteiger partial charge is 0.330 e. The summed E-state index contributed by atoms with van der Waals surface area (Å²) >= 11 is 0. The van der Waals surface area contributed by atoms with Gasteiger partial charge in [-0.3, -0.25) is 9.59 Å². The molecule has 0 bridgehead atoms. The lowest BCUT2D eigenvalue weighted by atomic mass is 9.93. The zero-order valence-electron chi connectivity index (χ0n) is 27.0. The lowest BCUT2D eigenvalue weighted by molar-refractivity contribution is -0.145. The summed E-state index contributed by atoms with van der Waals surface area (Å²) in [5, 5.41) is 18.2. The Labute approximate surface area is 268 Å². The zero-order chi connectivity index (χ0) is 32.7. The number of ether oxygens (including phenoxy) is 2. The van der Waals surface area contributed by atoms with Gasteiger partial charge in [0.05, 0.1) is 35.5 Å². The Morgan fingerprint density at radius 3 is 2.63 bits per heavy atom. The van der Waals surface area contributed by atoms with Gasteiger partial charge in [-0.05, 0) is 69.6 Å². The van der Waals surface area contributed by atoms with Gasteiger partial charge in [0, 0.05) is 31.3 Å². The molecule has 2 N–H and O–H groups in total. The quantitative estimate of drug-likeness (QED) is 0.383. The van der Waals surface area contributed by atoms with Crippen LogP contribution >= 0.6 is 0 Å². The number of allylic oxidation sites excluding steroid dienone is 1.